The van der Waals surface area contributed by atoms with Gasteiger partial charge in [0.25, 0.3) is 11.1 Å². The van der Waals surface area contributed by atoms with Gasteiger partial charge in [-0.2, -0.15) is 0 Å². The lowest BCUT2D eigenvalue weighted by Gasteiger charge is -2.02. The van der Waals surface area contributed by atoms with Crippen LogP contribution in [-0.2, 0) is 13.1 Å². The van der Waals surface area contributed by atoms with Crippen LogP contribution in [0.3, 0.4) is 0 Å². The first-order valence-electron chi connectivity index (χ1n) is 8.42. The van der Waals surface area contributed by atoms with Gasteiger partial charge in [0.1, 0.15) is 0 Å². The molecular formula is C19H18N2O2S2. The summed E-state index contributed by atoms with van der Waals surface area (Å²) in [7, 11) is 0. The smallest absolute Gasteiger partial charge is 0.268 e. The van der Waals surface area contributed by atoms with Crippen LogP contribution >= 0.6 is 23.1 Å². The van der Waals surface area contributed by atoms with Crippen molar-refractivity contribution in [2.75, 3.05) is 0 Å². The summed E-state index contributed by atoms with van der Waals surface area (Å²) in [5, 5.41) is 1.62. The van der Waals surface area contributed by atoms with Crippen molar-refractivity contribution in [3.63, 3.8) is 0 Å². The maximum Gasteiger partial charge on any atom is 0.268 e. The van der Waals surface area contributed by atoms with E-state index < -0.39 is 0 Å². The van der Waals surface area contributed by atoms with Gasteiger partial charge in [-0.15, -0.1) is 0 Å². The second-order valence-corrected chi connectivity index (χ2v) is 8.18. The van der Waals surface area contributed by atoms with E-state index in [1.165, 1.54) is 23.1 Å². The van der Waals surface area contributed by atoms with E-state index in [1.807, 2.05) is 56.4 Å². The number of nitrogens with zero attached hydrogens (tertiary/aromatic N) is 2. The van der Waals surface area contributed by atoms with Crippen molar-refractivity contribution in [2.24, 2.45) is 0 Å². The average molecular weight is 370 g/mol. The van der Waals surface area contributed by atoms with Crippen molar-refractivity contribution in [1.82, 2.24) is 7.91 Å². The lowest BCUT2D eigenvalue weighted by Crippen LogP contribution is -2.14. The Morgan fingerprint density at radius 2 is 1.08 bits per heavy atom. The Hall–Kier alpha value is -2.18. The van der Waals surface area contributed by atoms with Gasteiger partial charge in [0.05, 0.1) is 20.2 Å². The number of aromatic nitrogens is 2. The van der Waals surface area contributed by atoms with Crippen molar-refractivity contribution in [3.05, 3.63) is 69.2 Å². The molecule has 0 saturated carbocycles. The Kier molecular flexibility index (Phi) is 4.55. The molecule has 0 aliphatic heterocycles. The fourth-order valence-corrected chi connectivity index (χ4v) is 5.08. The van der Waals surface area contributed by atoms with Gasteiger partial charge in [0, 0.05) is 13.1 Å². The van der Waals surface area contributed by atoms with Crippen molar-refractivity contribution in [1.29, 1.82) is 0 Å². The topological polar surface area (TPSA) is 44.0 Å². The summed E-state index contributed by atoms with van der Waals surface area (Å²) in [6.07, 6.45) is 2.90. The SMILES string of the molecule is O=c1c2ccccc2sn1CCCCCn1sc2ccccc2c1=O. The molecule has 128 valence electrons. The Morgan fingerprint density at radius 3 is 1.52 bits per heavy atom. The number of rotatable bonds is 6. The molecule has 0 amide bonds. The van der Waals surface area contributed by atoms with E-state index in [2.05, 4.69) is 0 Å². The first-order chi connectivity index (χ1) is 12.2. The van der Waals surface area contributed by atoms with Crippen LogP contribution in [0.25, 0.3) is 20.2 Å². The Balaban J connectivity index is 1.35. The number of hydrogen-bond donors (Lipinski definition) is 0. The molecule has 2 aromatic heterocycles. The van der Waals surface area contributed by atoms with Crippen LogP contribution in [0.1, 0.15) is 19.3 Å². The number of benzene rings is 2. The Labute approximate surface area is 152 Å². The first kappa shape index (κ1) is 16.3. The lowest BCUT2D eigenvalue weighted by atomic mass is 10.2. The highest BCUT2D eigenvalue weighted by Gasteiger charge is 2.07. The molecular weight excluding hydrogens is 352 g/mol. The van der Waals surface area contributed by atoms with Gasteiger partial charge in [0.2, 0.25) is 0 Å². The van der Waals surface area contributed by atoms with Crippen LogP contribution < -0.4 is 11.1 Å². The van der Waals surface area contributed by atoms with E-state index in [0.29, 0.717) is 0 Å². The third-order valence-corrected chi connectivity index (χ3v) is 6.57. The maximum atomic E-state index is 12.3. The largest absolute Gasteiger partial charge is 0.268 e. The predicted octanol–water partition coefficient (Wildman–Crippen LogP) is 4.31. The second kappa shape index (κ2) is 6.98. The molecule has 0 unspecified atom stereocenters. The number of fused-ring (bicyclic) bond motifs is 2. The molecule has 0 fully saturated rings. The van der Waals surface area contributed by atoms with Crippen LogP contribution in [0.15, 0.2) is 58.1 Å². The molecule has 0 aliphatic rings. The predicted molar refractivity (Wildman–Crippen MR) is 106 cm³/mol. The third kappa shape index (κ3) is 3.19. The molecule has 0 atom stereocenters. The minimum Gasteiger partial charge on any atom is -0.268 e. The normalized spacial score (nSPS) is 11.5. The average Bonchev–Trinajstić information content (AvgIpc) is 3.13. The van der Waals surface area contributed by atoms with Crippen LogP contribution in [0.5, 0.6) is 0 Å². The maximum absolute atomic E-state index is 12.3. The zero-order valence-corrected chi connectivity index (χ0v) is 15.3. The third-order valence-electron chi connectivity index (χ3n) is 4.33. The first-order valence-corrected chi connectivity index (χ1v) is 9.96. The molecule has 2 heterocycles. The number of unbranched alkanes of at least 4 members (excludes halogenated alkanes) is 2. The van der Waals surface area contributed by atoms with Gasteiger partial charge in [-0.1, -0.05) is 47.3 Å². The van der Waals surface area contributed by atoms with Gasteiger partial charge in [-0.05, 0) is 43.5 Å². The number of aryl methyl sites for hydroxylation is 2. The summed E-state index contributed by atoms with van der Waals surface area (Å²) in [5.74, 6) is 0. The molecule has 2 aromatic carbocycles. The van der Waals surface area contributed by atoms with E-state index in [-0.39, 0.29) is 11.1 Å². The summed E-state index contributed by atoms with van der Waals surface area (Å²) in [6, 6.07) is 15.5. The Morgan fingerprint density at radius 1 is 0.640 bits per heavy atom. The molecule has 6 heteroatoms. The summed E-state index contributed by atoms with van der Waals surface area (Å²) in [4.78, 5) is 24.6. The standard InChI is InChI=1S/C19H18N2O2S2/c22-18-14-8-2-4-10-16(14)24-20(18)12-6-1-7-13-21-19(23)15-9-3-5-11-17(15)25-21/h2-5,8-11H,1,6-7,12-13H2. The summed E-state index contributed by atoms with van der Waals surface area (Å²) in [5.41, 5.74) is 0.225. The fraction of sp³-hybridized carbons (Fsp3) is 0.263. The van der Waals surface area contributed by atoms with Gasteiger partial charge < -0.3 is 0 Å². The monoisotopic (exact) mass is 370 g/mol. The quantitative estimate of drug-likeness (QED) is 0.475. The molecule has 0 N–H and O–H groups in total. The summed E-state index contributed by atoms with van der Waals surface area (Å²) in [6.45, 7) is 1.50. The number of hydrogen-bond acceptors (Lipinski definition) is 4. The fourth-order valence-electron chi connectivity index (χ4n) is 3.02. The van der Waals surface area contributed by atoms with Crippen LogP contribution in [-0.4, -0.2) is 7.91 Å². The van der Waals surface area contributed by atoms with E-state index in [1.54, 1.807) is 0 Å². The van der Waals surface area contributed by atoms with Crippen molar-refractivity contribution in [2.45, 2.75) is 32.4 Å². The molecule has 25 heavy (non-hydrogen) atoms. The van der Waals surface area contributed by atoms with Gasteiger partial charge in [-0.25, -0.2) is 0 Å². The zero-order chi connectivity index (χ0) is 17.2. The minimum atomic E-state index is 0.112. The van der Waals surface area contributed by atoms with Gasteiger partial charge in [-0.3, -0.25) is 17.5 Å². The lowest BCUT2D eigenvalue weighted by molar-refractivity contribution is 0.566. The van der Waals surface area contributed by atoms with E-state index >= 15 is 0 Å². The van der Waals surface area contributed by atoms with E-state index in [9.17, 15) is 9.59 Å². The molecule has 4 aromatic rings. The minimum absolute atomic E-state index is 0.112. The molecule has 4 nitrogen and oxygen atoms in total. The summed E-state index contributed by atoms with van der Waals surface area (Å²) < 4.78 is 5.78. The highest BCUT2D eigenvalue weighted by molar-refractivity contribution is 7.14. The van der Waals surface area contributed by atoms with Crippen LogP contribution in [0.2, 0.25) is 0 Å². The molecule has 0 spiro atoms. The van der Waals surface area contributed by atoms with E-state index in [0.717, 1.165) is 52.5 Å². The molecule has 0 bridgehead atoms. The van der Waals surface area contributed by atoms with Crippen LogP contribution in [0.4, 0.5) is 0 Å². The van der Waals surface area contributed by atoms with Crippen LogP contribution in [0, 0.1) is 0 Å². The van der Waals surface area contributed by atoms with E-state index in [4.69, 9.17) is 0 Å². The highest BCUT2D eigenvalue weighted by Crippen LogP contribution is 2.18. The van der Waals surface area contributed by atoms with Crippen molar-refractivity contribution in [3.8, 4) is 0 Å². The molecule has 0 saturated heterocycles. The Bertz CT molecular complexity index is 1040. The summed E-state index contributed by atoms with van der Waals surface area (Å²) >= 11 is 3.07. The van der Waals surface area contributed by atoms with Crippen molar-refractivity contribution < 1.29 is 0 Å². The zero-order valence-electron chi connectivity index (χ0n) is 13.7. The van der Waals surface area contributed by atoms with Crippen molar-refractivity contribution >= 4 is 43.2 Å². The molecule has 0 aliphatic carbocycles. The second-order valence-electron chi connectivity index (χ2n) is 6.05. The molecule has 4 rings (SSSR count). The van der Waals surface area contributed by atoms with Gasteiger partial charge >= 0.3 is 0 Å². The highest BCUT2D eigenvalue weighted by atomic mass is 32.1. The molecule has 0 radical (unpaired) electrons. The van der Waals surface area contributed by atoms with Gasteiger partial charge in [0.15, 0.2) is 0 Å².